The molecule has 3 nitrogen and oxygen atoms in total. The van der Waals surface area contributed by atoms with Gasteiger partial charge in [-0.3, -0.25) is 9.78 Å². The van der Waals surface area contributed by atoms with Crippen molar-refractivity contribution in [1.29, 1.82) is 0 Å². The summed E-state index contributed by atoms with van der Waals surface area (Å²) in [5.74, 6) is -0.0219. The van der Waals surface area contributed by atoms with Crippen LogP contribution in [0, 0.1) is 0 Å². The standard InChI is InChI=1S/C9H12N2O/c1-7(11-8(2)12)9-4-3-5-10-6-9/h3-7H,1-2H3,(H,11,12)/t7-/m1/s1. The molecule has 0 fully saturated rings. The summed E-state index contributed by atoms with van der Waals surface area (Å²) in [5, 5.41) is 2.78. The van der Waals surface area contributed by atoms with E-state index in [1.165, 1.54) is 6.92 Å². The van der Waals surface area contributed by atoms with Gasteiger partial charge in [0.25, 0.3) is 0 Å². The highest BCUT2D eigenvalue weighted by molar-refractivity contribution is 5.73. The molecule has 1 aromatic heterocycles. The minimum absolute atomic E-state index is 0.0219. The van der Waals surface area contributed by atoms with Gasteiger partial charge in [-0.25, -0.2) is 0 Å². The summed E-state index contributed by atoms with van der Waals surface area (Å²) in [4.78, 5) is 14.7. The monoisotopic (exact) mass is 164 g/mol. The van der Waals surface area contributed by atoms with Gasteiger partial charge in [0.2, 0.25) is 5.91 Å². The highest BCUT2D eigenvalue weighted by Gasteiger charge is 2.04. The topological polar surface area (TPSA) is 42.0 Å². The fourth-order valence-electron chi connectivity index (χ4n) is 1.02. The van der Waals surface area contributed by atoms with Gasteiger partial charge in [-0.1, -0.05) is 6.07 Å². The van der Waals surface area contributed by atoms with Crippen molar-refractivity contribution in [2.75, 3.05) is 0 Å². The summed E-state index contributed by atoms with van der Waals surface area (Å²) >= 11 is 0. The fourth-order valence-corrected chi connectivity index (χ4v) is 1.02. The van der Waals surface area contributed by atoms with Crippen molar-refractivity contribution >= 4 is 5.91 Å². The Bertz CT molecular complexity index is 258. The quantitative estimate of drug-likeness (QED) is 0.715. The lowest BCUT2D eigenvalue weighted by Crippen LogP contribution is -2.23. The molecule has 3 heteroatoms. The number of carbonyl (C=O) groups is 1. The molecule has 0 saturated carbocycles. The first-order valence-electron chi connectivity index (χ1n) is 3.87. The van der Waals surface area contributed by atoms with E-state index < -0.39 is 0 Å². The number of pyridine rings is 1. The molecule has 1 rings (SSSR count). The van der Waals surface area contributed by atoms with Crippen molar-refractivity contribution in [3.05, 3.63) is 30.1 Å². The molecule has 0 radical (unpaired) electrons. The minimum Gasteiger partial charge on any atom is -0.350 e. The van der Waals surface area contributed by atoms with Gasteiger partial charge in [-0.15, -0.1) is 0 Å². The van der Waals surface area contributed by atoms with Crippen LogP contribution in [0.1, 0.15) is 25.5 Å². The third-order valence-corrected chi connectivity index (χ3v) is 1.60. The van der Waals surface area contributed by atoms with Crippen LogP contribution in [-0.2, 0) is 4.79 Å². The maximum Gasteiger partial charge on any atom is 0.217 e. The molecule has 1 heterocycles. The van der Waals surface area contributed by atoms with E-state index in [1.54, 1.807) is 12.4 Å². The first kappa shape index (κ1) is 8.71. The second-order valence-electron chi connectivity index (χ2n) is 2.71. The van der Waals surface area contributed by atoms with Crippen molar-refractivity contribution in [3.63, 3.8) is 0 Å². The van der Waals surface area contributed by atoms with Gasteiger partial charge in [-0.2, -0.15) is 0 Å². The Morgan fingerprint density at radius 1 is 1.67 bits per heavy atom. The van der Waals surface area contributed by atoms with Crippen molar-refractivity contribution in [2.24, 2.45) is 0 Å². The molecule has 0 aliphatic rings. The molecule has 0 spiro atoms. The number of aromatic nitrogens is 1. The van der Waals surface area contributed by atoms with Gasteiger partial charge in [0.05, 0.1) is 6.04 Å². The minimum atomic E-state index is -0.0219. The first-order valence-corrected chi connectivity index (χ1v) is 3.87. The Morgan fingerprint density at radius 2 is 2.42 bits per heavy atom. The second kappa shape index (κ2) is 3.85. The predicted molar refractivity (Wildman–Crippen MR) is 46.5 cm³/mol. The van der Waals surface area contributed by atoms with Gasteiger partial charge >= 0.3 is 0 Å². The molecule has 0 aromatic carbocycles. The van der Waals surface area contributed by atoms with Crippen molar-refractivity contribution in [1.82, 2.24) is 10.3 Å². The molecule has 0 aliphatic carbocycles. The molecular formula is C9H12N2O. The van der Waals surface area contributed by atoms with E-state index in [-0.39, 0.29) is 11.9 Å². The lowest BCUT2D eigenvalue weighted by Gasteiger charge is -2.11. The van der Waals surface area contributed by atoms with Gasteiger partial charge in [0, 0.05) is 19.3 Å². The van der Waals surface area contributed by atoms with Crippen LogP contribution in [0.5, 0.6) is 0 Å². The fraction of sp³-hybridized carbons (Fsp3) is 0.333. The average molecular weight is 164 g/mol. The molecule has 1 amide bonds. The third-order valence-electron chi connectivity index (χ3n) is 1.60. The first-order chi connectivity index (χ1) is 5.70. The van der Waals surface area contributed by atoms with Crippen LogP contribution < -0.4 is 5.32 Å². The SMILES string of the molecule is CC(=O)N[C@H](C)c1cccnc1. The average Bonchev–Trinajstić information content (AvgIpc) is 2.05. The summed E-state index contributed by atoms with van der Waals surface area (Å²) in [6.07, 6.45) is 3.46. The van der Waals surface area contributed by atoms with Crippen molar-refractivity contribution < 1.29 is 4.79 Å². The summed E-state index contributed by atoms with van der Waals surface area (Å²) in [5.41, 5.74) is 1.02. The lowest BCUT2D eigenvalue weighted by molar-refractivity contribution is -0.119. The number of rotatable bonds is 2. The zero-order valence-corrected chi connectivity index (χ0v) is 7.24. The molecule has 0 unspecified atom stereocenters. The normalized spacial score (nSPS) is 12.2. The van der Waals surface area contributed by atoms with Crippen molar-refractivity contribution in [3.8, 4) is 0 Å². The number of nitrogens with one attached hydrogen (secondary N) is 1. The van der Waals surface area contributed by atoms with Gasteiger partial charge in [-0.05, 0) is 18.6 Å². The van der Waals surface area contributed by atoms with Crippen LogP contribution >= 0.6 is 0 Å². The highest BCUT2D eigenvalue weighted by Crippen LogP contribution is 2.08. The maximum absolute atomic E-state index is 10.7. The van der Waals surface area contributed by atoms with Gasteiger partial charge in [0.1, 0.15) is 0 Å². The molecule has 12 heavy (non-hydrogen) atoms. The second-order valence-corrected chi connectivity index (χ2v) is 2.71. The molecule has 0 bridgehead atoms. The van der Waals surface area contributed by atoms with E-state index >= 15 is 0 Å². The number of hydrogen-bond donors (Lipinski definition) is 1. The van der Waals surface area contributed by atoms with E-state index in [4.69, 9.17) is 0 Å². The third kappa shape index (κ3) is 2.34. The summed E-state index contributed by atoms with van der Waals surface area (Å²) in [6, 6.07) is 3.83. The van der Waals surface area contributed by atoms with Gasteiger partial charge in [0.15, 0.2) is 0 Å². The van der Waals surface area contributed by atoms with E-state index in [1.807, 2.05) is 19.1 Å². The lowest BCUT2D eigenvalue weighted by atomic mass is 10.1. The number of carbonyl (C=O) groups excluding carboxylic acids is 1. The molecular weight excluding hydrogens is 152 g/mol. The Kier molecular flexibility index (Phi) is 2.80. The number of hydrogen-bond acceptors (Lipinski definition) is 2. The zero-order chi connectivity index (χ0) is 8.97. The maximum atomic E-state index is 10.7. The largest absolute Gasteiger partial charge is 0.350 e. The van der Waals surface area contributed by atoms with Gasteiger partial charge < -0.3 is 5.32 Å². The summed E-state index contributed by atoms with van der Waals surface area (Å²) in [6.45, 7) is 3.44. The molecule has 64 valence electrons. The van der Waals surface area contributed by atoms with Crippen LogP contribution in [0.2, 0.25) is 0 Å². The predicted octanol–water partition coefficient (Wildman–Crippen LogP) is 1.28. The Hall–Kier alpha value is -1.38. The molecule has 1 aromatic rings. The highest BCUT2D eigenvalue weighted by atomic mass is 16.1. The van der Waals surface area contributed by atoms with E-state index in [0.717, 1.165) is 5.56 Å². The summed E-state index contributed by atoms with van der Waals surface area (Å²) in [7, 11) is 0. The van der Waals surface area contributed by atoms with E-state index in [2.05, 4.69) is 10.3 Å². The van der Waals surface area contributed by atoms with Crippen molar-refractivity contribution in [2.45, 2.75) is 19.9 Å². The van der Waals surface area contributed by atoms with E-state index in [0.29, 0.717) is 0 Å². The molecule has 0 aliphatic heterocycles. The Labute approximate surface area is 71.8 Å². The summed E-state index contributed by atoms with van der Waals surface area (Å²) < 4.78 is 0. The zero-order valence-electron chi connectivity index (χ0n) is 7.24. The van der Waals surface area contributed by atoms with Crippen LogP contribution in [0.3, 0.4) is 0 Å². The van der Waals surface area contributed by atoms with E-state index in [9.17, 15) is 4.79 Å². The van der Waals surface area contributed by atoms with Crippen LogP contribution in [0.25, 0.3) is 0 Å². The molecule has 0 saturated heterocycles. The molecule has 1 N–H and O–H groups in total. The van der Waals surface area contributed by atoms with Crippen LogP contribution in [0.15, 0.2) is 24.5 Å². The van der Waals surface area contributed by atoms with Crippen LogP contribution in [-0.4, -0.2) is 10.9 Å². The Balaban J connectivity index is 2.65. The smallest absolute Gasteiger partial charge is 0.217 e. The Morgan fingerprint density at radius 3 is 2.92 bits per heavy atom. The number of nitrogens with zero attached hydrogens (tertiary/aromatic N) is 1. The number of amides is 1. The van der Waals surface area contributed by atoms with Crippen LogP contribution in [0.4, 0.5) is 0 Å². The molecule has 1 atom stereocenters.